The minimum atomic E-state index is -0.253. The zero-order valence-electron chi connectivity index (χ0n) is 11.8. The van der Waals surface area contributed by atoms with E-state index in [1.54, 1.807) is 29.7 Å². The molecule has 0 saturated carbocycles. The molecule has 2 N–H and O–H groups in total. The number of aliphatic hydroxyl groups is 1. The molecule has 2 aromatic rings. The van der Waals surface area contributed by atoms with Gasteiger partial charge in [-0.3, -0.25) is 4.79 Å². The van der Waals surface area contributed by atoms with Crippen LogP contribution in [0, 0.1) is 18.8 Å². The maximum absolute atomic E-state index is 12.1. The van der Waals surface area contributed by atoms with Gasteiger partial charge in [0.15, 0.2) is 0 Å². The van der Waals surface area contributed by atoms with E-state index >= 15 is 0 Å². The Balaban J connectivity index is 2.03. The fraction of sp³-hybridized carbons (Fsp3) is 0.267. The number of carbonyl (C=O) groups is 1. The number of pyridine rings is 1. The number of hydrogen-bond acceptors (Lipinski definition) is 5. The summed E-state index contributed by atoms with van der Waals surface area (Å²) in [6, 6.07) is 3.14. The van der Waals surface area contributed by atoms with Crippen LogP contribution in [0.4, 0.5) is 0 Å². The highest BCUT2D eigenvalue weighted by Gasteiger charge is 2.14. The number of carbonyl (C=O) groups excluding carboxylic acids is 1. The summed E-state index contributed by atoms with van der Waals surface area (Å²) in [5, 5.41) is 12.3. The highest BCUT2D eigenvalue weighted by Crippen LogP contribution is 2.19. The van der Waals surface area contributed by atoms with Crippen LogP contribution in [0.25, 0.3) is 0 Å². The molecule has 0 aromatic carbocycles. The Bertz CT molecular complexity index is 683. The highest BCUT2D eigenvalue weighted by atomic mass is 32.1. The third-order valence-corrected chi connectivity index (χ3v) is 3.76. The van der Waals surface area contributed by atoms with Crippen LogP contribution in [0.3, 0.4) is 0 Å². The number of amides is 1. The van der Waals surface area contributed by atoms with E-state index in [0.29, 0.717) is 11.3 Å². The van der Waals surface area contributed by atoms with E-state index in [-0.39, 0.29) is 18.6 Å². The van der Waals surface area contributed by atoms with Crippen LogP contribution in [0.1, 0.15) is 38.9 Å². The minimum Gasteiger partial charge on any atom is -0.384 e. The van der Waals surface area contributed by atoms with Gasteiger partial charge in [0.2, 0.25) is 0 Å². The van der Waals surface area contributed by atoms with Gasteiger partial charge in [0.1, 0.15) is 17.3 Å². The largest absolute Gasteiger partial charge is 0.384 e. The standard InChI is InChI=1S/C15H15N3O2S/c1-10-8-17-15(21-10)11(2)18-14(20)13-6-5-12(9-16-13)4-3-7-19/h5-6,8-9,11,19H,7H2,1-2H3,(H,18,20). The summed E-state index contributed by atoms with van der Waals surface area (Å²) in [6.07, 6.45) is 3.30. The Morgan fingerprint density at radius 3 is 2.81 bits per heavy atom. The Kier molecular flexibility index (Phi) is 5.04. The van der Waals surface area contributed by atoms with Crippen molar-refractivity contribution < 1.29 is 9.90 Å². The van der Waals surface area contributed by atoms with Crippen molar-refractivity contribution in [1.29, 1.82) is 0 Å². The van der Waals surface area contributed by atoms with Crippen molar-refractivity contribution in [2.24, 2.45) is 0 Å². The predicted octanol–water partition coefficient (Wildman–Crippen LogP) is 1.68. The van der Waals surface area contributed by atoms with E-state index in [4.69, 9.17) is 5.11 Å². The molecule has 0 bridgehead atoms. The predicted molar refractivity (Wildman–Crippen MR) is 80.9 cm³/mol. The van der Waals surface area contributed by atoms with Gasteiger partial charge in [-0.2, -0.15) is 0 Å². The zero-order chi connectivity index (χ0) is 15.2. The van der Waals surface area contributed by atoms with Crippen molar-refractivity contribution >= 4 is 17.2 Å². The van der Waals surface area contributed by atoms with Crippen LogP contribution in [0.15, 0.2) is 24.5 Å². The van der Waals surface area contributed by atoms with Crippen LogP contribution >= 0.6 is 11.3 Å². The Morgan fingerprint density at radius 1 is 1.43 bits per heavy atom. The molecule has 0 saturated heterocycles. The molecule has 6 heteroatoms. The first-order chi connectivity index (χ1) is 10.1. The van der Waals surface area contributed by atoms with Gasteiger partial charge in [0, 0.05) is 22.8 Å². The van der Waals surface area contributed by atoms with Crippen LogP contribution in [0.2, 0.25) is 0 Å². The summed E-state index contributed by atoms with van der Waals surface area (Å²) >= 11 is 1.56. The van der Waals surface area contributed by atoms with E-state index in [0.717, 1.165) is 9.88 Å². The van der Waals surface area contributed by atoms with Gasteiger partial charge >= 0.3 is 0 Å². The summed E-state index contributed by atoms with van der Waals surface area (Å²) in [7, 11) is 0. The zero-order valence-corrected chi connectivity index (χ0v) is 12.6. The van der Waals surface area contributed by atoms with Crippen LogP contribution in [-0.2, 0) is 0 Å². The molecule has 1 amide bonds. The van der Waals surface area contributed by atoms with Crippen molar-refractivity contribution in [2.75, 3.05) is 6.61 Å². The molecule has 0 aliphatic carbocycles. The lowest BCUT2D eigenvalue weighted by molar-refractivity contribution is 0.0935. The fourth-order valence-electron chi connectivity index (χ4n) is 1.65. The molecular formula is C15H15N3O2S. The van der Waals surface area contributed by atoms with E-state index < -0.39 is 0 Å². The van der Waals surface area contributed by atoms with Crippen LogP contribution in [-0.4, -0.2) is 27.6 Å². The summed E-state index contributed by atoms with van der Waals surface area (Å²) < 4.78 is 0. The fourth-order valence-corrected chi connectivity index (χ4v) is 2.42. The Labute approximate surface area is 127 Å². The molecule has 0 spiro atoms. The molecule has 2 aromatic heterocycles. The number of aryl methyl sites for hydroxylation is 1. The van der Waals surface area contributed by atoms with Gasteiger partial charge in [-0.1, -0.05) is 11.8 Å². The summed E-state index contributed by atoms with van der Waals surface area (Å²) in [5.74, 6) is 5.00. The average Bonchev–Trinajstić information content (AvgIpc) is 2.92. The number of nitrogens with one attached hydrogen (secondary N) is 1. The molecule has 0 aliphatic heterocycles. The van der Waals surface area contributed by atoms with Crippen molar-refractivity contribution in [2.45, 2.75) is 19.9 Å². The number of hydrogen-bond donors (Lipinski definition) is 2. The summed E-state index contributed by atoms with van der Waals surface area (Å²) in [5.41, 5.74) is 0.980. The quantitative estimate of drug-likeness (QED) is 0.846. The molecule has 21 heavy (non-hydrogen) atoms. The molecule has 0 aliphatic rings. The molecule has 2 rings (SSSR count). The van der Waals surface area contributed by atoms with Gasteiger partial charge in [-0.25, -0.2) is 9.97 Å². The lowest BCUT2D eigenvalue weighted by Gasteiger charge is -2.10. The Hall–Kier alpha value is -2.23. The van der Waals surface area contributed by atoms with Crippen molar-refractivity contribution in [3.63, 3.8) is 0 Å². The number of rotatable bonds is 3. The topological polar surface area (TPSA) is 75.1 Å². The number of thiazole rings is 1. The van der Waals surface area contributed by atoms with Gasteiger partial charge in [-0.15, -0.1) is 11.3 Å². The number of nitrogens with zero attached hydrogens (tertiary/aromatic N) is 2. The molecule has 108 valence electrons. The first kappa shape index (κ1) is 15.2. The average molecular weight is 301 g/mol. The van der Waals surface area contributed by atoms with E-state index in [2.05, 4.69) is 27.1 Å². The Morgan fingerprint density at radius 2 is 2.24 bits per heavy atom. The van der Waals surface area contributed by atoms with Gasteiger partial charge in [0.05, 0.1) is 6.04 Å². The van der Waals surface area contributed by atoms with E-state index in [1.165, 1.54) is 6.20 Å². The van der Waals surface area contributed by atoms with Crippen LogP contribution in [0.5, 0.6) is 0 Å². The third kappa shape index (κ3) is 4.12. The second kappa shape index (κ2) is 6.97. The number of aromatic nitrogens is 2. The van der Waals surface area contributed by atoms with Gasteiger partial charge < -0.3 is 10.4 Å². The SMILES string of the molecule is Cc1cnc(C(C)NC(=O)c2ccc(C#CCO)cn2)s1. The van der Waals surface area contributed by atoms with Crippen molar-refractivity contribution in [1.82, 2.24) is 15.3 Å². The molecule has 1 atom stereocenters. The molecule has 5 nitrogen and oxygen atoms in total. The molecule has 2 heterocycles. The minimum absolute atomic E-state index is 0.160. The monoisotopic (exact) mass is 301 g/mol. The lowest BCUT2D eigenvalue weighted by atomic mass is 10.2. The number of aliphatic hydroxyl groups excluding tert-OH is 1. The van der Waals surface area contributed by atoms with Gasteiger partial charge in [0.25, 0.3) is 5.91 Å². The smallest absolute Gasteiger partial charge is 0.270 e. The summed E-state index contributed by atoms with van der Waals surface area (Å²) in [6.45, 7) is 3.66. The molecule has 1 unspecified atom stereocenters. The maximum atomic E-state index is 12.1. The summed E-state index contributed by atoms with van der Waals surface area (Å²) in [4.78, 5) is 21.5. The highest BCUT2D eigenvalue weighted by molar-refractivity contribution is 7.11. The molecular weight excluding hydrogens is 286 g/mol. The third-order valence-electron chi connectivity index (χ3n) is 2.67. The van der Waals surface area contributed by atoms with Crippen molar-refractivity contribution in [3.8, 4) is 11.8 Å². The second-order valence-corrected chi connectivity index (χ2v) is 5.66. The lowest BCUT2D eigenvalue weighted by Crippen LogP contribution is -2.27. The van der Waals surface area contributed by atoms with E-state index in [1.807, 2.05) is 13.8 Å². The molecule has 0 radical (unpaired) electrons. The van der Waals surface area contributed by atoms with E-state index in [9.17, 15) is 4.79 Å². The van der Waals surface area contributed by atoms with Crippen LogP contribution < -0.4 is 5.32 Å². The second-order valence-electron chi connectivity index (χ2n) is 4.40. The van der Waals surface area contributed by atoms with Gasteiger partial charge in [-0.05, 0) is 26.0 Å². The molecule has 0 fully saturated rings. The first-order valence-electron chi connectivity index (χ1n) is 6.39. The normalized spacial score (nSPS) is 11.4. The van der Waals surface area contributed by atoms with Crippen molar-refractivity contribution in [3.05, 3.63) is 45.7 Å². The maximum Gasteiger partial charge on any atom is 0.270 e. The first-order valence-corrected chi connectivity index (χ1v) is 7.20.